The zero-order valence-electron chi connectivity index (χ0n) is 9.68. The molecule has 2 N–H and O–H groups in total. The third-order valence-electron chi connectivity index (χ3n) is 2.51. The van der Waals surface area contributed by atoms with Gasteiger partial charge in [-0.3, -0.25) is 4.79 Å². The van der Waals surface area contributed by atoms with Crippen molar-refractivity contribution in [2.75, 3.05) is 11.9 Å². The van der Waals surface area contributed by atoms with E-state index in [1.54, 1.807) is 12.1 Å². The molecule has 0 spiro atoms. The van der Waals surface area contributed by atoms with Crippen LogP contribution in [0.1, 0.15) is 25.3 Å². The molecule has 0 amide bonds. The zero-order valence-corrected chi connectivity index (χ0v) is 9.68. The van der Waals surface area contributed by atoms with Crippen LogP contribution in [0.25, 0.3) is 0 Å². The maximum Gasteiger partial charge on any atom is 0.303 e. The average molecular weight is 233 g/mol. The summed E-state index contributed by atoms with van der Waals surface area (Å²) in [7, 11) is 0. The van der Waals surface area contributed by atoms with Crippen LogP contribution in [-0.2, 0) is 4.79 Å². The third-order valence-corrected chi connectivity index (χ3v) is 2.51. The number of aliphatic carboxylic acids is 1. The SMILES string of the molecule is CCC(CNc1ccc(C#N)cn1)CC(=O)O. The smallest absolute Gasteiger partial charge is 0.303 e. The molecule has 0 aliphatic carbocycles. The van der Waals surface area contributed by atoms with Gasteiger partial charge in [0.15, 0.2) is 0 Å². The summed E-state index contributed by atoms with van der Waals surface area (Å²) in [5.41, 5.74) is 0.508. The molecular formula is C12H15N3O2. The van der Waals surface area contributed by atoms with Crippen molar-refractivity contribution in [3.05, 3.63) is 23.9 Å². The molecule has 1 heterocycles. The summed E-state index contributed by atoms with van der Waals surface area (Å²) in [6.45, 7) is 2.53. The molecule has 0 fully saturated rings. The third kappa shape index (κ3) is 4.51. The number of aromatic nitrogens is 1. The highest BCUT2D eigenvalue weighted by atomic mass is 16.4. The number of carboxylic acids is 1. The summed E-state index contributed by atoms with van der Waals surface area (Å²) in [4.78, 5) is 14.6. The molecule has 1 aromatic heterocycles. The molecular weight excluding hydrogens is 218 g/mol. The largest absolute Gasteiger partial charge is 0.481 e. The number of pyridine rings is 1. The fourth-order valence-electron chi connectivity index (χ4n) is 1.42. The molecule has 0 aliphatic heterocycles. The Balaban J connectivity index is 2.48. The van der Waals surface area contributed by atoms with E-state index in [0.29, 0.717) is 17.9 Å². The fourth-order valence-corrected chi connectivity index (χ4v) is 1.42. The number of anilines is 1. The van der Waals surface area contributed by atoms with Crippen LogP contribution >= 0.6 is 0 Å². The minimum Gasteiger partial charge on any atom is -0.481 e. The molecule has 0 aromatic carbocycles. The predicted molar refractivity (Wildman–Crippen MR) is 63.5 cm³/mol. The lowest BCUT2D eigenvalue weighted by Crippen LogP contribution is -2.17. The van der Waals surface area contributed by atoms with Crippen LogP contribution in [0.4, 0.5) is 5.82 Å². The second-order valence-corrected chi connectivity index (χ2v) is 3.80. The molecule has 90 valence electrons. The Morgan fingerprint density at radius 3 is 2.88 bits per heavy atom. The number of hydrogen-bond acceptors (Lipinski definition) is 4. The van der Waals surface area contributed by atoms with Crippen LogP contribution in [0.5, 0.6) is 0 Å². The number of carboxylic acid groups (broad SMARTS) is 1. The molecule has 1 unspecified atom stereocenters. The van der Waals surface area contributed by atoms with Crippen LogP contribution < -0.4 is 5.32 Å². The summed E-state index contributed by atoms with van der Waals surface area (Å²) in [5.74, 6) is -0.0378. The first-order chi connectivity index (χ1) is 8.15. The van der Waals surface area contributed by atoms with E-state index in [4.69, 9.17) is 10.4 Å². The van der Waals surface area contributed by atoms with Gasteiger partial charge in [0.25, 0.3) is 0 Å². The topological polar surface area (TPSA) is 86.0 Å². The summed E-state index contributed by atoms with van der Waals surface area (Å²) in [6, 6.07) is 5.38. The Labute approximate surface area is 100 Å². The molecule has 1 atom stereocenters. The first-order valence-electron chi connectivity index (χ1n) is 5.47. The van der Waals surface area contributed by atoms with E-state index in [2.05, 4.69) is 10.3 Å². The van der Waals surface area contributed by atoms with Gasteiger partial charge >= 0.3 is 5.97 Å². The Hall–Kier alpha value is -2.09. The van der Waals surface area contributed by atoms with Crippen LogP contribution in [0.3, 0.4) is 0 Å². The van der Waals surface area contributed by atoms with Gasteiger partial charge in [-0.05, 0) is 18.1 Å². The van der Waals surface area contributed by atoms with Crippen molar-refractivity contribution in [2.24, 2.45) is 5.92 Å². The lowest BCUT2D eigenvalue weighted by molar-refractivity contribution is -0.138. The summed E-state index contributed by atoms with van der Waals surface area (Å²) >= 11 is 0. The monoisotopic (exact) mass is 233 g/mol. The predicted octanol–water partition coefficient (Wildman–Crippen LogP) is 1.87. The fraction of sp³-hybridized carbons (Fsp3) is 0.417. The molecule has 0 saturated carbocycles. The lowest BCUT2D eigenvalue weighted by Gasteiger charge is -2.13. The maximum absolute atomic E-state index is 10.6. The number of nitrogens with one attached hydrogen (secondary N) is 1. The van der Waals surface area contributed by atoms with Crippen molar-refractivity contribution in [3.8, 4) is 6.07 Å². The highest BCUT2D eigenvalue weighted by Gasteiger charge is 2.10. The van der Waals surface area contributed by atoms with Gasteiger partial charge < -0.3 is 10.4 Å². The molecule has 0 bridgehead atoms. The van der Waals surface area contributed by atoms with E-state index < -0.39 is 5.97 Å². The number of rotatable bonds is 6. The molecule has 0 radical (unpaired) electrons. The Morgan fingerprint density at radius 1 is 1.65 bits per heavy atom. The minimum atomic E-state index is -0.786. The van der Waals surface area contributed by atoms with Crippen molar-refractivity contribution in [1.82, 2.24) is 4.98 Å². The van der Waals surface area contributed by atoms with Gasteiger partial charge in [0.05, 0.1) is 5.56 Å². The van der Waals surface area contributed by atoms with Gasteiger partial charge in [-0.2, -0.15) is 5.26 Å². The highest BCUT2D eigenvalue weighted by molar-refractivity contribution is 5.67. The molecule has 1 aromatic rings. The second-order valence-electron chi connectivity index (χ2n) is 3.80. The normalized spacial score (nSPS) is 11.5. The van der Waals surface area contributed by atoms with E-state index >= 15 is 0 Å². The second kappa shape index (κ2) is 6.48. The first kappa shape index (κ1) is 13.0. The average Bonchev–Trinajstić information content (AvgIpc) is 2.34. The zero-order chi connectivity index (χ0) is 12.7. The molecule has 17 heavy (non-hydrogen) atoms. The van der Waals surface area contributed by atoms with Crippen molar-refractivity contribution >= 4 is 11.8 Å². The number of nitrogens with zero attached hydrogens (tertiary/aromatic N) is 2. The summed E-state index contributed by atoms with van der Waals surface area (Å²) in [6.07, 6.45) is 2.44. The van der Waals surface area contributed by atoms with Crippen molar-refractivity contribution in [1.29, 1.82) is 5.26 Å². The number of carbonyl (C=O) groups is 1. The molecule has 5 heteroatoms. The van der Waals surface area contributed by atoms with E-state index in [9.17, 15) is 4.79 Å². The van der Waals surface area contributed by atoms with Gasteiger partial charge in [0.2, 0.25) is 0 Å². The van der Waals surface area contributed by atoms with E-state index in [1.165, 1.54) is 6.20 Å². The number of nitriles is 1. The highest BCUT2D eigenvalue weighted by Crippen LogP contribution is 2.10. The van der Waals surface area contributed by atoms with Crippen molar-refractivity contribution in [2.45, 2.75) is 19.8 Å². The minimum absolute atomic E-state index is 0.0879. The van der Waals surface area contributed by atoms with Crippen LogP contribution in [-0.4, -0.2) is 22.6 Å². The van der Waals surface area contributed by atoms with Crippen molar-refractivity contribution < 1.29 is 9.90 Å². The van der Waals surface area contributed by atoms with Gasteiger partial charge in [-0.25, -0.2) is 4.98 Å². The Kier molecular flexibility index (Phi) is 4.95. The van der Waals surface area contributed by atoms with Gasteiger partial charge in [-0.15, -0.1) is 0 Å². The standard InChI is InChI=1S/C12H15N3O2/c1-2-9(5-12(16)17)7-14-11-4-3-10(6-13)8-15-11/h3-4,8-9H,2,5,7H2,1H3,(H,14,15)(H,16,17). The van der Waals surface area contributed by atoms with E-state index in [1.807, 2.05) is 13.0 Å². The first-order valence-corrected chi connectivity index (χ1v) is 5.47. The van der Waals surface area contributed by atoms with Crippen LogP contribution in [0.15, 0.2) is 18.3 Å². The molecule has 1 rings (SSSR count). The molecule has 0 aliphatic rings. The van der Waals surface area contributed by atoms with Gasteiger partial charge in [0, 0.05) is 19.2 Å². The molecule has 5 nitrogen and oxygen atoms in total. The summed E-state index contributed by atoms with van der Waals surface area (Å²) in [5, 5.41) is 20.4. The maximum atomic E-state index is 10.6. The Morgan fingerprint density at radius 2 is 2.41 bits per heavy atom. The van der Waals surface area contributed by atoms with Gasteiger partial charge in [-0.1, -0.05) is 13.3 Å². The van der Waals surface area contributed by atoms with E-state index in [-0.39, 0.29) is 12.3 Å². The lowest BCUT2D eigenvalue weighted by atomic mass is 10.0. The van der Waals surface area contributed by atoms with Crippen molar-refractivity contribution in [3.63, 3.8) is 0 Å². The summed E-state index contributed by atoms with van der Waals surface area (Å²) < 4.78 is 0. The van der Waals surface area contributed by atoms with E-state index in [0.717, 1.165) is 6.42 Å². The number of hydrogen-bond donors (Lipinski definition) is 2. The quantitative estimate of drug-likeness (QED) is 0.783. The van der Waals surface area contributed by atoms with Gasteiger partial charge in [0.1, 0.15) is 11.9 Å². The van der Waals surface area contributed by atoms with Crippen LogP contribution in [0, 0.1) is 17.2 Å². The Bertz CT molecular complexity index is 409. The van der Waals surface area contributed by atoms with Crippen LogP contribution in [0.2, 0.25) is 0 Å². The molecule has 0 saturated heterocycles.